The van der Waals surface area contributed by atoms with Crippen LogP contribution in [0.15, 0.2) is 24.3 Å². The summed E-state index contributed by atoms with van der Waals surface area (Å²) < 4.78 is 13.3. The number of aliphatic hydroxyl groups is 1. The molecular weight excluding hydrogens is 209 g/mol. The molecular formula is C12H16FNO2. The number of aliphatic hydroxyl groups excluding tert-OH is 1. The topological polar surface area (TPSA) is 40.5 Å². The third-order valence-corrected chi connectivity index (χ3v) is 2.40. The normalized spacial score (nSPS) is 10.8. The van der Waals surface area contributed by atoms with E-state index in [-0.39, 0.29) is 24.5 Å². The van der Waals surface area contributed by atoms with Gasteiger partial charge in [0, 0.05) is 6.54 Å². The number of ketones is 1. The molecule has 0 saturated carbocycles. The van der Waals surface area contributed by atoms with Gasteiger partial charge in [-0.05, 0) is 18.7 Å². The molecule has 1 aromatic carbocycles. The molecule has 0 fully saturated rings. The Balaban J connectivity index is 2.68. The van der Waals surface area contributed by atoms with Crippen LogP contribution >= 0.6 is 0 Å². The van der Waals surface area contributed by atoms with E-state index < -0.39 is 5.82 Å². The molecule has 0 amide bonds. The van der Waals surface area contributed by atoms with Crippen LogP contribution < -0.4 is 0 Å². The minimum atomic E-state index is -0.493. The molecule has 16 heavy (non-hydrogen) atoms. The first-order valence-electron chi connectivity index (χ1n) is 5.30. The van der Waals surface area contributed by atoms with Crippen LogP contribution in [0, 0.1) is 5.82 Å². The molecule has 0 aromatic heterocycles. The van der Waals surface area contributed by atoms with Gasteiger partial charge in [-0.1, -0.05) is 19.1 Å². The van der Waals surface area contributed by atoms with Crippen LogP contribution in [0.2, 0.25) is 0 Å². The number of carbonyl (C=O) groups excluding carboxylic acids is 1. The van der Waals surface area contributed by atoms with Crippen LogP contribution in [0.5, 0.6) is 0 Å². The maximum Gasteiger partial charge on any atom is 0.179 e. The van der Waals surface area contributed by atoms with Gasteiger partial charge in [-0.15, -0.1) is 0 Å². The summed E-state index contributed by atoms with van der Waals surface area (Å²) >= 11 is 0. The van der Waals surface area contributed by atoms with Crippen molar-refractivity contribution in [2.45, 2.75) is 6.92 Å². The number of hydrogen-bond acceptors (Lipinski definition) is 3. The SMILES string of the molecule is CCN(CCO)CC(=O)c1ccccc1F. The fourth-order valence-corrected chi connectivity index (χ4v) is 1.47. The Morgan fingerprint density at radius 3 is 2.69 bits per heavy atom. The van der Waals surface area contributed by atoms with E-state index in [1.807, 2.05) is 6.92 Å². The van der Waals surface area contributed by atoms with Crippen LogP contribution in [0.25, 0.3) is 0 Å². The smallest absolute Gasteiger partial charge is 0.179 e. The average Bonchev–Trinajstić information content (AvgIpc) is 2.28. The molecule has 0 saturated heterocycles. The number of benzene rings is 1. The number of nitrogens with zero attached hydrogens (tertiary/aromatic N) is 1. The van der Waals surface area contributed by atoms with Crippen LogP contribution in [-0.4, -0.2) is 42.0 Å². The fourth-order valence-electron chi connectivity index (χ4n) is 1.47. The molecule has 0 radical (unpaired) electrons. The Hall–Kier alpha value is -1.26. The molecule has 88 valence electrons. The molecule has 0 aliphatic rings. The summed E-state index contributed by atoms with van der Waals surface area (Å²) in [5.41, 5.74) is 0.110. The summed E-state index contributed by atoms with van der Waals surface area (Å²) in [4.78, 5) is 13.5. The van der Waals surface area contributed by atoms with Gasteiger partial charge in [-0.25, -0.2) is 4.39 Å². The Labute approximate surface area is 94.5 Å². The zero-order valence-electron chi connectivity index (χ0n) is 9.32. The Kier molecular flexibility index (Phi) is 5.08. The number of halogens is 1. The van der Waals surface area contributed by atoms with Crippen molar-refractivity contribution >= 4 is 5.78 Å². The molecule has 1 aromatic rings. The molecule has 0 atom stereocenters. The lowest BCUT2D eigenvalue weighted by Crippen LogP contribution is -2.32. The third-order valence-electron chi connectivity index (χ3n) is 2.40. The van der Waals surface area contributed by atoms with Gasteiger partial charge in [-0.2, -0.15) is 0 Å². The second kappa shape index (κ2) is 6.35. The van der Waals surface area contributed by atoms with Crippen molar-refractivity contribution in [2.75, 3.05) is 26.2 Å². The molecule has 0 spiro atoms. The van der Waals surface area contributed by atoms with Gasteiger partial charge in [0.25, 0.3) is 0 Å². The minimum absolute atomic E-state index is 0.00160. The number of carbonyl (C=O) groups is 1. The standard InChI is InChI=1S/C12H16FNO2/c1-2-14(7-8-15)9-12(16)10-5-3-4-6-11(10)13/h3-6,15H,2,7-9H2,1H3. The molecule has 1 rings (SSSR count). The zero-order valence-corrected chi connectivity index (χ0v) is 9.32. The minimum Gasteiger partial charge on any atom is -0.395 e. The van der Waals surface area contributed by atoms with Gasteiger partial charge in [0.1, 0.15) is 5.82 Å². The van der Waals surface area contributed by atoms with Gasteiger partial charge >= 0.3 is 0 Å². The lowest BCUT2D eigenvalue weighted by molar-refractivity contribution is 0.0916. The summed E-state index contributed by atoms with van der Waals surface area (Å²) in [6, 6.07) is 5.94. The zero-order chi connectivity index (χ0) is 12.0. The van der Waals surface area contributed by atoms with E-state index >= 15 is 0 Å². The number of rotatable bonds is 6. The monoisotopic (exact) mass is 225 g/mol. The second-order valence-corrected chi connectivity index (χ2v) is 3.50. The van der Waals surface area contributed by atoms with Gasteiger partial charge in [0.15, 0.2) is 5.78 Å². The van der Waals surface area contributed by atoms with Crippen molar-refractivity contribution in [2.24, 2.45) is 0 Å². The Morgan fingerprint density at radius 2 is 2.12 bits per heavy atom. The quantitative estimate of drug-likeness (QED) is 0.742. The first-order chi connectivity index (χ1) is 7.69. The van der Waals surface area contributed by atoms with Crippen molar-refractivity contribution in [3.8, 4) is 0 Å². The molecule has 4 heteroatoms. The summed E-state index contributed by atoms with van der Waals surface area (Å²) in [6.07, 6.45) is 0. The van der Waals surface area contributed by atoms with E-state index in [1.54, 1.807) is 17.0 Å². The Bertz CT molecular complexity index is 355. The maximum atomic E-state index is 13.3. The van der Waals surface area contributed by atoms with E-state index in [0.29, 0.717) is 13.1 Å². The predicted octanol–water partition coefficient (Wildman–Crippen LogP) is 1.32. The van der Waals surface area contributed by atoms with Crippen LogP contribution in [-0.2, 0) is 0 Å². The van der Waals surface area contributed by atoms with Crippen LogP contribution in [0.3, 0.4) is 0 Å². The molecule has 0 unspecified atom stereocenters. The van der Waals surface area contributed by atoms with Gasteiger partial charge < -0.3 is 5.11 Å². The molecule has 1 N–H and O–H groups in total. The highest BCUT2D eigenvalue weighted by molar-refractivity contribution is 5.97. The third kappa shape index (κ3) is 3.40. The number of Topliss-reactive ketones (excluding diaryl/α,β-unsaturated/α-hetero) is 1. The maximum absolute atomic E-state index is 13.3. The summed E-state index contributed by atoms with van der Waals surface area (Å²) in [7, 11) is 0. The molecule has 0 aliphatic heterocycles. The van der Waals surface area contributed by atoms with E-state index in [9.17, 15) is 9.18 Å². The summed E-state index contributed by atoms with van der Waals surface area (Å²) in [5, 5.41) is 8.78. The first kappa shape index (κ1) is 12.8. The van der Waals surface area contributed by atoms with Crippen molar-refractivity contribution in [1.82, 2.24) is 4.90 Å². The highest BCUT2D eigenvalue weighted by Gasteiger charge is 2.13. The predicted molar refractivity (Wildman–Crippen MR) is 59.9 cm³/mol. The Morgan fingerprint density at radius 1 is 1.44 bits per heavy atom. The summed E-state index contributed by atoms with van der Waals surface area (Å²) in [5.74, 6) is -0.749. The van der Waals surface area contributed by atoms with Gasteiger partial charge in [-0.3, -0.25) is 9.69 Å². The summed E-state index contributed by atoms with van der Waals surface area (Å²) in [6.45, 7) is 3.11. The second-order valence-electron chi connectivity index (χ2n) is 3.50. The highest BCUT2D eigenvalue weighted by atomic mass is 19.1. The fraction of sp³-hybridized carbons (Fsp3) is 0.417. The largest absolute Gasteiger partial charge is 0.395 e. The van der Waals surface area contributed by atoms with Crippen LogP contribution in [0.1, 0.15) is 17.3 Å². The van der Waals surface area contributed by atoms with Crippen LogP contribution in [0.4, 0.5) is 4.39 Å². The van der Waals surface area contributed by atoms with E-state index in [1.165, 1.54) is 12.1 Å². The van der Waals surface area contributed by atoms with Crippen molar-refractivity contribution in [3.63, 3.8) is 0 Å². The highest BCUT2D eigenvalue weighted by Crippen LogP contribution is 2.07. The van der Waals surface area contributed by atoms with E-state index in [4.69, 9.17) is 5.11 Å². The lowest BCUT2D eigenvalue weighted by atomic mass is 10.1. The number of hydrogen-bond donors (Lipinski definition) is 1. The average molecular weight is 225 g/mol. The molecule has 3 nitrogen and oxygen atoms in total. The molecule has 0 bridgehead atoms. The van der Waals surface area contributed by atoms with Gasteiger partial charge in [0.05, 0.1) is 18.7 Å². The first-order valence-corrected chi connectivity index (χ1v) is 5.30. The van der Waals surface area contributed by atoms with Crippen molar-refractivity contribution in [3.05, 3.63) is 35.6 Å². The molecule has 0 heterocycles. The van der Waals surface area contributed by atoms with Crippen molar-refractivity contribution in [1.29, 1.82) is 0 Å². The van der Waals surface area contributed by atoms with E-state index in [0.717, 1.165) is 0 Å². The van der Waals surface area contributed by atoms with Gasteiger partial charge in [0.2, 0.25) is 0 Å². The molecule has 0 aliphatic carbocycles. The van der Waals surface area contributed by atoms with E-state index in [2.05, 4.69) is 0 Å². The lowest BCUT2D eigenvalue weighted by Gasteiger charge is -2.17. The number of likely N-dealkylation sites (N-methyl/N-ethyl adjacent to an activating group) is 1. The van der Waals surface area contributed by atoms with Crippen molar-refractivity contribution < 1.29 is 14.3 Å².